The number of hydrazone groups is 1. The highest BCUT2D eigenvalue weighted by molar-refractivity contribution is 5.86. The number of pyridine rings is 1. The molecule has 0 bridgehead atoms. The number of hydrogen-bond acceptors (Lipinski definition) is 9. The van der Waals surface area contributed by atoms with Gasteiger partial charge in [-0.25, -0.2) is 10.5 Å². The molecule has 42 heavy (non-hydrogen) atoms. The zero-order valence-corrected chi connectivity index (χ0v) is 23.2. The Bertz CT molecular complexity index is 1290. The average Bonchev–Trinajstić information content (AvgIpc) is 3.87. The van der Waals surface area contributed by atoms with Gasteiger partial charge in [-0.1, -0.05) is 0 Å². The molecule has 2 aliphatic carbocycles. The summed E-state index contributed by atoms with van der Waals surface area (Å²) in [7, 11) is 3.33. The van der Waals surface area contributed by atoms with E-state index in [0.29, 0.717) is 34.6 Å². The van der Waals surface area contributed by atoms with Crippen LogP contribution in [0.1, 0.15) is 53.5 Å². The lowest BCUT2D eigenvalue weighted by atomic mass is 10.0. The summed E-state index contributed by atoms with van der Waals surface area (Å²) in [5.74, 6) is 2.48. The molecule has 2 aromatic rings. The summed E-state index contributed by atoms with van der Waals surface area (Å²) < 4.78 is 81.7. The average molecular weight is 598 g/mol. The second kappa shape index (κ2) is 11.5. The minimum atomic E-state index is -4.96. The van der Waals surface area contributed by atoms with Gasteiger partial charge in [-0.15, -0.1) is 10.2 Å². The fourth-order valence-electron chi connectivity index (χ4n) is 4.94. The number of rotatable bonds is 11. The van der Waals surface area contributed by atoms with Gasteiger partial charge < -0.3 is 20.5 Å². The number of benzene rings is 1. The van der Waals surface area contributed by atoms with Crippen molar-refractivity contribution in [2.45, 2.75) is 51.1 Å². The van der Waals surface area contributed by atoms with Crippen LogP contribution in [-0.4, -0.2) is 54.4 Å². The Kier molecular flexibility index (Phi) is 8.14. The van der Waals surface area contributed by atoms with Crippen LogP contribution in [0.5, 0.6) is 0 Å². The molecule has 1 aliphatic heterocycles. The van der Waals surface area contributed by atoms with Gasteiger partial charge in [0.2, 0.25) is 5.96 Å². The van der Waals surface area contributed by atoms with Crippen molar-refractivity contribution in [2.24, 2.45) is 16.9 Å². The van der Waals surface area contributed by atoms with Gasteiger partial charge in [0.15, 0.2) is 0 Å². The normalized spacial score (nSPS) is 17.4. The first-order chi connectivity index (χ1) is 19.8. The van der Waals surface area contributed by atoms with E-state index in [1.54, 1.807) is 25.1 Å². The molecule has 15 heteroatoms. The predicted octanol–water partition coefficient (Wildman–Crippen LogP) is 5.01. The lowest BCUT2D eigenvalue weighted by Gasteiger charge is -2.30. The third-order valence-corrected chi connectivity index (χ3v) is 7.41. The minimum Gasteiger partial charge on any atom is -0.373 e. The number of guanidine groups is 1. The Morgan fingerprint density at radius 2 is 1.55 bits per heavy atom. The van der Waals surface area contributed by atoms with Crippen molar-refractivity contribution in [3.63, 3.8) is 0 Å². The van der Waals surface area contributed by atoms with Gasteiger partial charge >= 0.3 is 12.4 Å². The first kappa shape index (κ1) is 29.7. The lowest BCUT2D eigenvalue weighted by Crippen LogP contribution is -2.44. The monoisotopic (exact) mass is 597 g/mol. The third kappa shape index (κ3) is 7.17. The van der Waals surface area contributed by atoms with Gasteiger partial charge in [0.05, 0.1) is 11.1 Å². The van der Waals surface area contributed by atoms with Crippen molar-refractivity contribution in [2.75, 3.05) is 37.4 Å². The number of alkyl halides is 6. The molecule has 3 aliphatic rings. The summed E-state index contributed by atoms with van der Waals surface area (Å²) in [6.07, 6.45) is -4.28. The molecule has 2 saturated carbocycles. The van der Waals surface area contributed by atoms with Gasteiger partial charge in [-0.05, 0) is 67.3 Å². The Morgan fingerprint density at radius 1 is 0.952 bits per heavy atom. The van der Waals surface area contributed by atoms with E-state index in [4.69, 9.17) is 10.4 Å². The maximum atomic E-state index is 13.6. The smallest absolute Gasteiger partial charge is 0.373 e. The highest BCUT2D eigenvalue weighted by atomic mass is 19.4. The van der Waals surface area contributed by atoms with Crippen LogP contribution in [0.4, 0.5) is 38.0 Å². The molecule has 0 amide bonds. The van der Waals surface area contributed by atoms with Crippen molar-refractivity contribution < 1.29 is 26.3 Å². The topological polar surface area (TPSA) is 94.9 Å². The van der Waals surface area contributed by atoms with Gasteiger partial charge in [0.25, 0.3) is 0 Å². The minimum absolute atomic E-state index is 0.0535. The quantitative estimate of drug-likeness (QED) is 0.214. The first-order valence-electron chi connectivity index (χ1n) is 13.7. The summed E-state index contributed by atoms with van der Waals surface area (Å²) in [4.78, 5) is 8.67. The largest absolute Gasteiger partial charge is 0.416 e. The number of aromatic nitrogens is 1. The molecule has 9 nitrogen and oxygen atoms in total. The van der Waals surface area contributed by atoms with Crippen LogP contribution < -0.4 is 21.2 Å². The summed E-state index contributed by atoms with van der Waals surface area (Å²) in [5, 5.41) is 16.6. The van der Waals surface area contributed by atoms with Crippen molar-refractivity contribution in [3.8, 4) is 0 Å². The number of anilines is 2. The molecule has 228 valence electrons. The number of hydrazine groups is 2. The number of nitrogens with one attached hydrogen (secondary N) is 4. The van der Waals surface area contributed by atoms with E-state index in [-0.39, 0.29) is 30.7 Å². The second-order valence-corrected chi connectivity index (χ2v) is 11.1. The second-order valence-electron chi connectivity index (χ2n) is 11.1. The molecule has 2 heterocycles. The van der Waals surface area contributed by atoms with Crippen LogP contribution in [0.3, 0.4) is 0 Å². The van der Waals surface area contributed by atoms with E-state index in [0.717, 1.165) is 57.1 Å². The zero-order chi connectivity index (χ0) is 30.2. The fourth-order valence-corrected chi connectivity index (χ4v) is 4.94. The van der Waals surface area contributed by atoms with Crippen LogP contribution in [0.2, 0.25) is 0 Å². The third-order valence-electron chi connectivity index (χ3n) is 7.41. The summed E-state index contributed by atoms with van der Waals surface area (Å²) >= 11 is 0. The maximum absolute atomic E-state index is 13.6. The Hall–Kier alpha value is -3.75. The molecular weight excluding hydrogens is 564 g/mol. The number of hydrogen-bond donors (Lipinski definition) is 4. The Balaban J connectivity index is 1.55. The highest BCUT2D eigenvalue weighted by Crippen LogP contribution is 2.39. The van der Waals surface area contributed by atoms with Gasteiger partial charge in [0.1, 0.15) is 11.6 Å². The van der Waals surface area contributed by atoms with E-state index < -0.39 is 23.5 Å². The molecule has 2 fully saturated rings. The van der Waals surface area contributed by atoms with Crippen LogP contribution in [0.25, 0.3) is 0 Å². The molecule has 5 rings (SSSR count). The summed E-state index contributed by atoms with van der Waals surface area (Å²) in [5.41, 5.74) is 3.85. The van der Waals surface area contributed by atoms with Gasteiger partial charge in [-0.3, -0.25) is 5.43 Å². The van der Waals surface area contributed by atoms with Gasteiger partial charge in [0, 0.05) is 57.6 Å². The molecule has 1 aromatic carbocycles. The summed E-state index contributed by atoms with van der Waals surface area (Å²) in [6.45, 7) is 1.34. The van der Waals surface area contributed by atoms with Crippen LogP contribution in [-0.2, 0) is 25.4 Å². The van der Waals surface area contributed by atoms with Crippen LogP contribution in [0.15, 0.2) is 29.4 Å². The maximum Gasteiger partial charge on any atom is 0.416 e. The molecule has 1 aromatic heterocycles. The van der Waals surface area contributed by atoms with E-state index in [9.17, 15) is 26.3 Å². The van der Waals surface area contributed by atoms with Gasteiger partial charge in [-0.2, -0.15) is 26.3 Å². The molecule has 0 atom stereocenters. The lowest BCUT2D eigenvalue weighted by molar-refractivity contribution is -0.143. The fraction of sp³-hybridized carbons (Fsp3) is 0.519. The number of halogens is 6. The van der Waals surface area contributed by atoms with Crippen molar-refractivity contribution in [3.05, 3.63) is 52.1 Å². The number of nitrogens with zero attached hydrogens (tertiary/aromatic N) is 5. The van der Waals surface area contributed by atoms with E-state index in [1.807, 2.05) is 0 Å². The standard InChI is InChI=1S/C27H33F6N9/c1-35-23-19(11-34)9-20(24(36-23)41(12-16-3-4-16)13-17-5-6-17)15-42(25-37-39-40(2)38-25)14-18-7-21(26(28,29)30)10-22(8-18)27(31,32)33/h7-11,16-17,34,39H,3-6,12-15H2,1-2H3,(H,35,36)(H,37,38). The molecule has 0 saturated heterocycles. The van der Waals surface area contributed by atoms with Crippen LogP contribution in [0, 0.1) is 17.2 Å². The van der Waals surface area contributed by atoms with Crippen molar-refractivity contribution in [1.82, 2.24) is 26.0 Å². The van der Waals surface area contributed by atoms with Crippen molar-refractivity contribution >= 4 is 23.8 Å². The highest BCUT2D eigenvalue weighted by Gasteiger charge is 2.37. The van der Waals surface area contributed by atoms with Crippen LogP contribution >= 0.6 is 0 Å². The molecule has 4 N–H and O–H groups in total. The molecule has 0 spiro atoms. The predicted molar refractivity (Wildman–Crippen MR) is 146 cm³/mol. The Morgan fingerprint density at radius 3 is 2.00 bits per heavy atom. The first-order valence-corrected chi connectivity index (χ1v) is 13.7. The van der Waals surface area contributed by atoms with E-state index in [2.05, 4.69) is 26.3 Å². The zero-order valence-electron chi connectivity index (χ0n) is 23.2. The molecule has 0 unspecified atom stereocenters. The molecular formula is C27H33F6N9. The molecule has 0 radical (unpaired) electrons. The van der Waals surface area contributed by atoms with Crippen molar-refractivity contribution in [1.29, 1.82) is 5.41 Å². The SMILES string of the molecule is CNc1nc(N(CC2CC2)CC2CC2)c(CN(Cc2cc(C(F)(F)F)cc(C(F)(F)F)c2)C2=NNN(C)N2)cc1C=N. The summed E-state index contributed by atoms with van der Waals surface area (Å²) in [6, 6.07) is 3.37. The van der Waals surface area contributed by atoms with E-state index in [1.165, 1.54) is 5.12 Å². The van der Waals surface area contributed by atoms with E-state index >= 15 is 0 Å². The Labute approximate surface area is 239 Å².